The monoisotopic (exact) mass is 322 g/mol. The van der Waals surface area contributed by atoms with Crippen molar-refractivity contribution in [3.05, 3.63) is 46.5 Å². The minimum atomic E-state index is 0.257. The maximum atomic E-state index is 4.30. The molecule has 102 valence electrons. The Balaban J connectivity index is 2.03. The summed E-state index contributed by atoms with van der Waals surface area (Å²) in [5, 5.41) is 7.72. The van der Waals surface area contributed by atoms with E-state index in [2.05, 4.69) is 70.3 Å². The number of rotatable bonds is 5. The highest BCUT2D eigenvalue weighted by Gasteiger charge is 2.11. The predicted octanol–water partition coefficient (Wildman–Crippen LogP) is 3.47. The van der Waals surface area contributed by atoms with Gasteiger partial charge in [-0.1, -0.05) is 34.1 Å². The van der Waals surface area contributed by atoms with Gasteiger partial charge in [-0.15, -0.1) is 0 Å². The second-order valence-electron chi connectivity index (χ2n) is 4.84. The van der Waals surface area contributed by atoms with E-state index < -0.39 is 0 Å². The Morgan fingerprint density at radius 1 is 1.26 bits per heavy atom. The van der Waals surface area contributed by atoms with Gasteiger partial charge >= 0.3 is 0 Å². The average molecular weight is 323 g/mol. The lowest BCUT2D eigenvalue weighted by Gasteiger charge is -2.16. The Kier molecular flexibility index (Phi) is 4.71. The lowest BCUT2D eigenvalue weighted by Crippen LogP contribution is -2.22. The fraction of sp³-hybridized carbons (Fsp3) is 0.429. The summed E-state index contributed by atoms with van der Waals surface area (Å²) >= 11 is 3.58. The Bertz CT molecular complexity index is 536. The lowest BCUT2D eigenvalue weighted by atomic mass is 10.1. The van der Waals surface area contributed by atoms with Crippen LogP contribution in [0.3, 0.4) is 0 Å². The molecule has 1 atom stereocenters. The van der Waals surface area contributed by atoms with Crippen molar-refractivity contribution in [3.8, 4) is 0 Å². The first-order valence-corrected chi connectivity index (χ1v) is 7.25. The Hall–Kier alpha value is -1.20. The molecule has 2 aromatic rings. The Morgan fingerprint density at radius 3 is 2.68 bits per heavy atom. The molecule has 4 nitrogen and oxygen atoms in total. The van der Waals surface area contributed by atoms with Gasteiger partial charge in [0.15, 0.2) is 0 Å². The highest BCUT2D eigenvalue weighted by Crippen LogP contribution is 2.22. The van der Waals surface area contributed by atoms with Crippen molar-refractivity contribution in [1.82, 2.24) is 20.1 Å². The van der Waals surface area contributed by atoms with Gasteiger partial charge in [0.1, 0.15) is 12.2 Å². The number of aromatic nitrogens is 3. The van der Waals surface area contributed by atoms with E-state index in [4.69, 9.17) is 0 Å². The quantitative estimate of drug-likeness (QED) is 0.916. The second kappa shape index (κ2) is 6.30. The standard InChI is InChI=1S/C14H19BrN4/c1-10(2)19-14(17-9-18-19)8-16-11(3)12-6-4-5-7-13(12)15/h4-7,9-11,16H,8H2,1-3H3/t11-/m0/s1. The van der Waals surface area contributed by atoms with Crippen molar-refractivity contribution in [2.75, 3.05) is 0 Å². The molecule has 0 amide bonds. The molecule has 1 N–H and O–H groups in total. The van der Waals surface area contributed by atoms with Gasteiger partial charge in [-0.05, 0) is 32.4 Å². The van der Waals surface area contributed by atoms with E-state index in [1.807, 2.05) is 10.7 Å². The van der Waals surface area contributed by atoms with Gasteiger partial charge in [-0.2, -0.15) is 5.10 Å². The molecule has 0 saturated carbocycles. The maximum absolute atomic E-state index is 4.30. The van der Waals surface area contributed by atoms with E-state index >= 15 is 0 Å². The first-order valence-electron chi connectivity index (χ1n) is 6.45. The second-order valence-corrected chi connectivity index (χ2v) is 5.69. The van der Waals surface area contributed by atoms with Gasteiger partial charge in [0.25, 0.3) is 0 Å². The third-order valence-corrected chi connectivity index (χ3v) is 3.80. The van der Waals surface area contributed by atoms with Crippen LogP contribution >= 0.6 is 15.9 Å². The predicted molar refractivity (Wildman–Crippen MR) is 79.8 cm³/mol. The molecule has 0 unspecified atom stereocenters. The number of nitrogens with one attached hydrogen (secondary N) is 1. The zero-order valence-electron chi connectivity index (χ0n) is 11.5. The average Bonchev–Trinajstić information content (AvgIpc) is 2.85. The van der Waals surface area contributed by atoms with E-state index in [-0.39, 0.29) is 6.04 Å². The molecule has 1 aromatic carbocycles. The van der Waals surface area contributed by atoms with E-state index in [0.717, 1.165) is 10.3 Å². The summed E-state index contributed by atoms with van der Waals surface area (Å²) in [4.78, 5) is 4.30. The van der Waals surface area contributed by atoms with Gasteiger partial charge in [-0.25, -0.2) is 9.67 Å². The summed E-state index contributed by atoms with van der Waals surface area (Å²) in [7, 11) is 0. The summed E-state index contributed by atoms with van der Waals surface area (Å²) < 4.78 is 3.07. The lowest BCUT2D eigenvalue weighted by molar-refractivity contribution is 0.473. The van der Waals surface area contributed by atoms with Gasteiger partial charge in [-0.3, -0.25) is 0 Å². The van der Waals surface area contributed by atoms with Gasteiger partial charge in [0.2, 0.25) is 0 Å². The van der Waals surface area contributed by atoms with E-state index in [1.54, 1.807) is 6.33 Å². The molecule has 0 aliphatic rings. The molecule has 0 bridgehead atoms. The topological polar surface area (TPSA) is 42.7 Å². The third kappa shape index (κ3) is 3.42. The zero-order valence-corrected chi connectivity index (χ0v) is 13.1. The molecule has 5 heteroatoms. The first-order chi connectivity index (χ1) is 9.09. The molecule has 0 radical (unpaired) electrons. The normalized spacial score (nSPS) is 12.9. The van der Waals surface area contributed by atoms with Crippen LogP contribution in [0.2, 0.25) is 0 Å². The van der Waals surface area contributed by atoms with Crippen molar-refractivity contribution in [1.29, 1.82) is 0 Å². The fourth-order valence-electron chi connectivity index (χ4n) is 2.01. The smallest absolute Gasteiger partial charge is 0.141 e. The van der Waals surface area contributed by atoms with Crippen LogP contribution < -0.4 is 5.32 Å². The van der Waals surface area contributed by atoms with Gasteiger partial charge in [0.05, 0.1) is 6.54 Å². The molecular formula is C14H19BrN4. The number of hydrogen-bond acceptors (Lipinski definition) is 3. The van der Waals surface area contributed by atoms with Gasteiger partial charge in [0, 0.05) is 16.6 Å². The Morgan fingerprint density at radius 2 is 2.00 bits per heavy atom. The Labute approximate surface area is 122 Å². The SMILES string of the molecule is CC(C)n1ncnc1CN[C@@H](C)c1ccccc1Br. The third-order valence-electron chi connectivity index (χ3n) is 3.07. The summed E-state index contributed by atoms with van der Waals surface area (Å²) in [5.74, 6) is 0.967. The molecular weight excluding hydrogens is 304 g/mol. The van der Waals surface area contributed by atoms with Crippen molar-refractivity contribution in [2.45, 2.75) is 39.4 Å². The van der Waals surface area contributed by atoms with E-state index in [0.29, 0.717) is 12.6 Å². The van der Waals surface area contributed by atoms with Crippen molar-refractivity contribution in [3.63, 3.8) is 0 Å². The van der Waals surface area contributed by atoms with Crippen LogP contribution in [0.25, 0.3) is 0 Å². The molecule has 0 spiro atoms. The largest absolute Gasteiger partial charge is 0.303 e. The fourth-order valence-corrected chi connectivity index (χ4v) is 2.64. The molecule has 0 aliphatic heterocycles. The molecule has 2 rings (SSSR count). The van der Waals surface area contributed by atoms with Crippen LogP contribution in [-0.2, 0) is 6.54 Å². The molecule has 19 heavy (non-hydrogen) atoms. The highest BCUT2D eigenvalue weighted by molar-refractivity contribution is 9.10. The van der Waals surface area contributed by atoms with Gasteiger partial charge < -0.3 is 5.32 Å². The number of benzene rings is 1. The highest BCUT2D eigenvalue weighted by atomic mass is 79.9. The molecule has 1 heterocycles. The van der Waals surface area contributed by atoms with Crippen LogP contribution in [0.1, 0.15) is 44.2 Å². The maximum Gasteiger partial charge on any atom is 0.141 e. The summed E-state index contributed by atoms with van der Waals surface area (Å²) in [6.45, 7) is 7.07. The number of nitrogens with zero attached hydrogens (tertiary/aromatic N) is 3. The number of hydrogen-bond donors (Lipinski definition) is 1. The van der Waals surface area contributed by atoms with Crippen LogP contribution in [-0.4, -0.2) is 14.8 Å². The summed E-state index contributed by atoms with van der Waals surface area (Å²) in [5.41, 5.74) is 1.25. The molecule has 0 fully saturated rings. The van der Waals surface area contributed by atoms with Crippen LogP contribution in [0.4, 0.5) is 0 Å². The number of halogens is 1. The molecule has 0 aliphatic carbocycles. The zero-order chi connectivity index (χ0) is 13.8. The van der Waals surface area contributed by atoms with Crippen LogP contribution in [0.15, 0.2) is 35.1 Å². The summed E-state index contributed by atoms with van der Waals surface area (Å²) in [6, 6.07) is 8.84. The van der Waals surface area contributed by atoms with Crippen LogP contribution in [0, 0.1) is 0 Å². The van der Waals surface area contributed by atoms with Crippen LogP contribution in [0.5, 0.6) is 0 Å². The van der Waals surface area contributed by atoms with Crippen molar-refractivity contribution in [2.24, 2.45) is 0 Å². The summed E-state index contributed by atoms with van der Waals surface area (Å²) in [6.07, 6.45) is 1.61. The first kappa shape index (κ1) is 14.2. The van der Waals surface area contributed by atoms with Crippen molar-refractivity contribution >= 4 is 15.9 Å². The molecule has 0 saturated heterocycles. The van der Waals surface area contributed by atoms with Crippen molar-refractivity contribution < 1.29 is 0 Å². The molecule has 1 aromatic heterocycles. The minimum Gasteiger partial charge on any atom is -0.303 e. The van der Waals surface area contributed by atoms with E-state index in [9.17, 15) is 0 Å². The van der Waals surface area contributed by atoms with E-state index in [1.165, 1.54) is 5.56 Å². The minimum absolute atomic E-state index is 0.257.